The number of hydrogen-bond acceptors (Lipinski definition) is 2. The van der Waals surface area contributed by atoms with Crippen LogP contribution in [-0.2, 0) is 4.79 Å². The molecule has 92 valence electrons. The molecule has 0 aromatic carbocycles. The number of nitrogens with two attached hydrogens (primary N) is 1. The highest BCUT2D eigenvalue weighted by Gasteiger charge is 2.15. The lowest BCUT2D eigenvalue weighted by Crippen LogP contribution is -2.33. The first-order chi connectivity index (χ1) is 7.74. The molecule has 3 nitrogen and oxygen atoms in total. The maximum atomic E-state index is 11.7. The maximum absolute atomic E-state index is 11.7. The van der Waals surface area contributed by atoms with E-state index in [0.717, 1.165) is 32.2 Å². The first-order valence-corrected chi connectivity index (χ1v) is 6.36. The Labute approximate surface area is 98.5 Å². The lowest BCUT2D eigenvalue weighted by molar-refractivity contribution is -0.124. The van der Waals surface area contributed by atoms with Gasteiger partial charge in [0, 0.05) is 12.5 Å². The summed E-state index contributed by atoms with van der Waals surface area (Å²) in [5.74, 6) is 0.918. The Morgan fingerprint density at radius 3 is 3.00 bits per heavy atom. The lowest BCUT2D eigenvalue weighted by Gasteiger charge is -2.19. The summed E-state index contributed by atoms with van der Waals surface area (Å²) in [5.41, 5.74) is 5.43. The van der Waals surface area contributed by atoms with Gasteiger partial charge in [0.1, 0.15) is 0 Å². The second-order valence-corrected chi connectivity index (χ2v) is 4.73. The first-order valence-electron chi connectivity index (χ1n) is 6.36. The third kappa shape index (κ3) is 4.79. The largest absolute Gasteiger partial charge is 0.356 e. The Morgan fingerprint density at radius 1 is 1.56 bits per heavy atom. The van der Waals surface area contributed by atoms with Crippen LogP contribution in [0.3, 0.4) is 0 Å². The molecule has 0 saturated heterocycles. The van der Waals surface area contributed by atoms with Crippen molar-refractivity contribution in [2.45, 2.75) is 39.0 Å². The van der Waals surface area contributed by atoms with Gasteiger partial charge in [-0.1, -0.05) is 19.1 Å². The van der Waals surface area contributed by atoms with Crippen molar-refractivity contribution < 1.29 is 4.79 Å². The van der Waals surface area contributed by atoms with Crippen molar-refractivity contribution in [3.05, 3.63) is 12.2 Å². The predicted octanol–water partition coefficient (Wildman–Crippen LogP) is 1.83. The van der Waals surface area contributed by atoms with Crippen LogP contribution in [-0.4, -0.2) is 19.0 Å². The van der Waals surface area contributed by atoms with Crippen LogP contribution in [0.1, 0.15) is 39.0 Å². The minimum atomic E-state index is 0.0997. The second kappa shape index (κ2) is 7.44. The summed E-state index contributed by atoms with van der Waals surface area (Å²) in [6.45, 7) is 3.48. The molecule has 0 saturated carbocycles. The molecule has 0 aromatic heterocycles. The van der Waals surface area contributed by atoms with Crippen molar-refractivity contribution in [1.29, 1.82) is 0 Å². The fraction of sp³-hybridized carbons (Fsp3) is 0.769. The zero-order valence-corrected chi connectivity index (χ0v) is 10.2. The number of hydrogen-bond donors (Lipinski definition) is 2. The minimum absolute atomic E-state index is 0.0997. The van der Waals surface area contributed by atoms with Crippen molar-refractivity contribution in [1.82, 2.24) is 5.32 Å². The number of nitrogens with one attached hydrogen (secondary N) is 1. The third-order valence-electron chi connectivity index (χ3n) is 3.23. The SMILES string of the molecule is CC(CCCN)C(=O)NCC1CC=CCC1. The van der Waals surface area contributed by atoms with E-state index in [9.17, 15) is 4.79 Å². The molecule has 1 aliphatic carbocycles. The van der Waals surface area contributed by atoms with E-state index in [4.69, 9.17) is 5.73 Å². The molecule has 0 heterocycles. The molecular weight excluding hydrogens is 200 g/mol. The van der Waals surface area contributed by atoms with Crippen LogP contribution in [0.25, 0.3) is 0 Å². The number of allylic oxidation sites excluding steroid dienone is 2. The minimum Gasteiger partial charge on any atom is -0.356 e. The van der Waals surface area contributed by atoms with E-state index in [1.54, 1.807) is 0 Å². The topological polar surface area (TPSA) is 55.1 Å². The molecule has 2 unspecified atom stereocenters. The first kappa shape index (κ1) is 13.2. The third-order valence-corrected chi connectivity index (χ3v) is 3.23. The van der Waals surface area contributed by atoms with Crippen LogP contribution >= 0.6 is 0 Å². The molecule has 0 fully saturated rings. The van der Waals surface area contributed by atoms with Gasteiger partial charge >= 0.3 is 0 Å². The molecule has 3 N–H and O–H groups in total. The van der Waals surface area contributed by atoms with E-state index in [-0.39, 0.29) is 11.8 Å². The average molecular weight is 224 g/mol. The monoisotopic (exact) mass is 224 g/mol. The van der Waals surface area contributed by atoms with E-state index >= 15 is 0 Å². The molecule has 0 spiro atoms. The molecule has 3 heteroatoms. The van der Waals surface area contributed by atoms with Crippen LogP contribution in [0.15, 0.2) is 12.2 Å². The van der Waals surface area contributed by atoms with Gasteiger partial charge in [0.25, 0.3) is 0 Å². The normalized spacial score (nSPS) is 21.8. The van der Waals surface area contributed by atoms with E-state index in [1.807, 2.05) is 6.92 Å². The van der Waals surface area contributed by atoms with Gasteiger partial charge in [0.2, 0.25) is 5.91 Å². The van der Waals surface area contributed by atoms with Gasteiger partial charge in [0.15, 0.2) is 0 Å². The standard InChI is InChI=1S/C13H24N2O/c1-11(6-5-9-14)13(16)15-10-12-7-3-2-4-8-12/h2-3,11-12H,4-10,14H2,1H3,(H,15,16). The Bertz CT molecular complexity index is 238. The van der Waals surface area contributed by atoms with E-state index in [1.165, 1.54) is 6.42 Å². The molecule has 0 aromatic rings. The molecule has 1 amide bonds. The number of amides is 1. The van der Waals surface area contributed by atoms with Crippen molar-refractivity contribution >= 4 is 5.91 Å². The summed E-state index contributed by atoms with van der Waals surface area (Å²) in [5, 5.41) is 3.05. The predicted molar refractivity (Wildman–Crippen MR) is 66.9 cm³/mol. The van der Waals surface area contributed by atoms with Gasteiger partial charge in [0.05, 0.1) is 0 Å². The van der Waals surface area contributed by atoms with Gasteiger partial charge in [-0.05, 0) is 44.6 Å². The van der Waals surface area contributed by atoms with Gasteiger partial charge in [-0.3, -0.25) is 4.79 Å². The van der Waals surface area contributed by atoms with Crippen molar-refractivity contribution in [3.8, 4) is 0 Å². The summed E-state index contributed by atoms with van der Waals surface area (Å²) < 4.78 is 0. The Morgan fingerprint density at radius 2 is 2.38 bits per heavy atom. The van der Waals surface area contributed by atoms with Crippen molar-refractivity contribution in [2.75, 3.05) is 13.1 Å². The average Bonchev–Trinajstić information content (AvgIpc) is 2.34. The summed E-state index contributed by atoms with van der Waals surface area (Å²) >= 11 is 0. The zero-order chi connectivity index (χ0) is 11.8. The Kier molecular flexibility index (Phi) is 6.16. The summed E-state index contributed by atoms with van der Waals surface area (Å²) in [6, 6.07) is 0. The maximum Gasteiger partial charge on any atom is 0.222 e. The van der Waals surface area contributed by atoms with Crippen LogP contribution in [0.2, 0.25) is 0 Å². The number of carbonyl (C=O) groups excluding carboxylic acids is 1. The zero-order valence-electron chi connectivity index (χ0n) is 10.2. The molecule has 2 atom stereocenters. The molecular formula is C13H24N2O. The van der Waals surface area contributed by atoms with Crippen molar-refractivity contribution in [3.63, 3.8) is 0 Å². The van der Waals surface area contributed by atoms with Gasteiger partial charge < -0.3 is 11.1 Å². The van der Waals surface area contributed by atoms with Crippen molar-refractivity contribution in [2.24, 2.45) is 17.6 Å². The van der Waals surface area contributed by atoms with Crippen LogP contribution < -0.4 is 11.1 Å². The van der Waals surface area contributed by atoms with E-state index in [2.05, 4.69) is 17.5 Å². The fourth-order valence-corrected chi connectivity index (χ4v) is 2.02. The lowest BCUT2D eigenvalue weighted by atomic mass is 9.94. The number of carbonyl (C=O) groups is 1. The fourth-order valence-electron chi connectivity index (χ4n) is 2.02. The Balaban J connectivity index is 2.15. The Hall–Kier alpha value is -0.830. The van der Waals surface area contributed by atoms with E-state index < -0.39 is 0 Å². The van der Waals surface area contributed by atoms with Crippen LogP contribution in [0, 0.1) is 11.8 Å². The highest BCUT2D eigenvalue weighted by atomic mass is 16.1. The van der Waals surface area contributed by atoms with Gasteiger partial charge in [-0.15, -0.1) is 0 Å². The number of rotatable bonds is 6. The molecule has 16 heavy (non-hydrogen) atoms. The van der Waals surface area contributed by atoms with E-state index in [0.29, 0.717) is 12.5 Å². The summed E-state index contributed by atoms with van der Waals surface area (Å²) in [4.78, 5) is 11.7. The quantitative estimate of drug-likeness (QED) is 0.676. The van der Waals surface area contributed by atoms with Gasteiger partial charge in [-0.25, -0.2) is 0 Å². The summed E-state index contributed by atoms with van der Waals surface area (Å²) in [7, 11) is 0. The molecule has 1 rings (SSSR count). The molecule has 0 radical (unpaired) electrons. The highest BCUT2D eigenvalue weighted by molar-refractivity contribution is 5.78. The van der Waals surface area contributed by atoms with Gasteiger partial charge in [-0.2, -0.15) is 0 Å². The second-order valence-electron chi connectivity index (χ2n) is 4.73. The van der Waals surface area contributed by atoms with Crippen LogP contribution in [0.5, 0.6) is 0 Å². The molecule has 0 aliphatic heterocycles. The summed E-state index contributed by atoms with van der Waals surface area (Å²) in [6.07, 6.45) is 9.74. The molecule has 1 aliphatic rings. The van der Waals surface area contributed by atoms with Crippen LogP contribution in [0.4, 0.5) is 0 Å². The smallest absolute Gasteiger partial charge is 0.222 e. The molecule has 0 bridgehead atoms. The highest BCUT2D eigenvalue weighted by Crippen LogP contribution is 2.17.